The lowest BCUT2D eigenvalue weighted by atomic mass is 10.0. The van der Waals surface area contributed by atoms with E-state index in [-0.39, 0.29) is 17.7 Å². The molecule has 1 aromatic rings. The quantitative estimate of drug-likeness (QED) is 0.763. The van der Waals surface area contributed by atoms with Crippen molar-refractivity contribution in [3.05, 3.63) is 29.8 Å². The highest BCUT2D eigenvalue weighted by Crippen LogP contribution is 2.15. The topological polar surface area (TPSA) is 49.9 Å². The maximum atomic E-state index is 12.4. The Bertz CT molecular complexity index is 563. The molecular formula is C20H30N2O3. The molecule has 0 spiro atoms. The highest BCUT2D eigenvalue weighted by Gasteiger charge is 2.26. The monoisotopic (exact) mass is 346 g/mol. The van der Waals surface area contributed by atoms with Gasteiger partial charge in [0, 0.05) is 38.5 Å². The first-order valence-corrected chi connectivity index (χ1v) is 9.24. The Kier molecular flexibility index (Phi) is 7.29. The van der Waals surface area contributed by atoms with E-state index in [9.17, 15) is 9.59 Å². The van der Waals surface area contributed by atoms with Gasteiger partial charge in [0.2, 0.25) is 11.8 Å². The van der Waals surface area contributed by atoms with Crippen LogP contribution in [0.3, 0.4) is 0 Å². The largest absolute Gasteiger partial charge is 0.497 e. The van der Waals surface area contributed by atoms with E-state index in [0.29, 0.717) is 32.6 Å². The molecule has 138 valence electrons. The van der Waals surface area contributed by atoms with Gasteiger partial charge >= 0.3 is 0 Å². The molecule has 0 N–H and O–H groups in total. The van der Waals surface area contributed by atoms with Crippen LogP contribution in [0.4, 0.5) is 0 Å². The molecule has 1 heterocycles. The van der Waals surface area contributed by atoms with Crippen LogP contribution in [0, 0.1) is 5.92 Å². The molecule has 2 amide bonds. The fourth-order valence-electron chi connectivity index (χ4n) is 3.25. The third-order valence-electron chi connectivity index (χ3n) is 4.87. The molecule has 25 heavy (non-hydrogen) atoms. The van der Waals surface area contributed by atoms with E-state index < -0.39 is 0 Å². The second kappa shape index (κ2) is 9.44. The van der Waals surface area contributed by atoms with Crippen LogP contribution in [0.1, 0.15) is 38.7 Å². The normalized spacial score (nSPS) is 15.8. The first-order valence-electron chi connectivity index (χ1n) is 9.24. The Morgan fingerprint density at radius 3 is 2.24 bits per heavy atom. The molecule has 1 aromatic carbocycles. The SMILES string of the molecule is CCC[C@H](C)C(=O)N1CCN(C(=O)CCc2ccc(OC)cc2)CC1. The number of aryl methyl sites for hydroxylation is 1. The van der Waals surface area contributed by atoms with Crippen molar-refractivity contribution in [2.24, 2.45) is 5.92 Å². The molecule has 0 bridgehead atoms. The number of piperazine rings is 1. The molecule has 1 atom stereocenters. The summed E-state index contributed by atoms with van der Waals surface area (Å²) in [5.74, 6) is 1.31. The van der Waals surface area contributed by atoms with Crippen LogP contribution in [-0.2, 0) is 16.0 Å². The van der Waals surface area contributed by atoms with Gasteiger partial charge in [0.05, 0.1) is 7.11 Å². The zero-order valence-corrected chi connectivity index (χ0v) is 15.7. The molecule has 1 aliphatic heterocycles. The summed E-state index contributed by atoms with van der Waals surface area (Å²) in [6, 6.07) is 7.83. The minimum absolute atomic E-state index is 0.0855. The highest BCUT2D eigenvalue weighted by molar-refractivity contribution is 5.80. The lowest BCUT2D eigenvalue weighted by Gasteiger charge is -2.36. The minimum Gasteiger partial charge on any atom is -0.497 e. The zero-order valence-electron chi connectivity index (χ0n) is 15.7. The number of methoxy groups -OCH3 is 1. The minimum atomic E-state index is 0.0855. The number of hydrogen-bond acceptors (Lipinski definition) is 3. The molecule has 0 unspecified atom stereocenters. The average molecular weight is 346 g/mol. The Morgan fingerprint density at radius 1 is 1.08 bits per heavy atom. The van der Waals surface area contributed by atoms with Gasteiger partial charge in [-0.2, -0.15) is 0 Å². The van der Waals surface area contributed by atoms with Gasteiger partial charge in [0.15, 0.2) is 0 Å². The first kappa shape index (κ1) is 19.3. The van der Waals surface area contributed by atoms with Gasteiger partial charge in [-0.05, 0) is 30.5 Å². The van der Waals surface area contributed by atoms with Crippen LogP contribution in [0.25, 0.3) is 0 Å². The number of rotatable bonds is 7. The summed E-state index contributed by atoms with van der Waals surface area (Å²) in [6.07, 6.45) is 3.19. The number of carbonyl (C=O) groups excluding carboxylic acids is 2. The number of hydrogen-bond donors (Lipinski definition) is 0. The third-order valence-corrected chi connectivity index (χ3v) is 4.87. The van der Waals surface area contributed by atoms with Crippen LogP contribution in [0.2, 0.25) is 0 Å². The molecule has 0 radical (unpaired) electrons. The predicted octanol–water partition coefficient (Wildman–Crippen LogP) is 2.73. The van der Waals surface area contributed by atoms with Crippen LogP contribution in [-0.4, -0.2) is 54.9 Å². The standard InChI is InChI=1S/C20H30N2O3/c1-4-5-16(2)20(24)22-14-12-21(13-15-22)19(23)11-8-17-6-9-18(25-3)10-7-17/h6-7,9-10,16H,4-5,8,11-15H2,1-3H3/t16-/m0/s1. The van der Waals surface area contributed by atoms with E-state index in [4.69, 9.17) is 4.74 Å². The van der Waals surface area contributed by atoms with Gasteiger partial charge < -0.3 is 14.5 Å². The summed E-state index contributed by atoms with van der Waals surface area (Å²) < 4.78 is 5.14. The van der Waals surface area contributed by atoms with Gasteiger partial charge in [0.25, 0.3) is 0 Å². The van der Waals surface area contributed by atoms with E-state index in [0.717, 1.165) is 30.6 Å². The van der Waals surface area contributed by atoms with Crippen molar-refractivity contribution in [1.29, 1.82) is 0 Å². The molecule has 5 heteroatoms. The summed E-state index contributed by atoms with van der Waals surface area (Å²) in [7, 11) is 1.64. The van der Waals surface area contributed by atoms with E-state index >= 15 is 0 Å². The molecule has 0 aromatic heterocycles. The number of amides is 2. The van der Waals surface area contributed by atoms with E-state index in [1.54, 1.807) is 7.11 Å². The van der Waals surface area contributed by atoms with Crippen LogP contribution >= 0.6 is 0 Å². The molecule has 0 aliphatic carbocycles. The van der Waals surface area contributed by atoms with Crippen LogP contribution < -0.4 is 4.74 Å². The van der Waals surface area contributed by atoms with Crippen molar-refractivity contribution in [1.82, 2.24) is 9.80 Å². The van der Waals surface area contributed by atoms with E-state index in [1.165, 1.54) is 0 Å². The number of nitrogens with zero attached hydrogens (tertiary/aromatic N) is 2. The zero-order chi connectivity index (χ0) is 18.2. The summed E-state index contributed by atoms with van der Waals surface area (Å²) in [6.45, 7) is 6.70. The van der Waals surface area contributed by atoms with E-state index in [1.807, 2.05) is 41.0 Å². The molecule has 1 fully saturated rings. The van der Waals surface area contributed by atoms with E-state index in [2.05, 4.69) is 6.92 Å². The fraction of sp³-hybridized carbons (Fsp3) is 0.600. The molecule has 1 saturated heterocycles. The Balaban J connectivity index is 1.76. The summed E-state index contributed by atoms with van der Waals surface area (Å²) in [4.78, 5) is 28.5. The Hall–Kier alpha value is -2.04. The molecule has 2 rings (SSSR count). The Morgan fingerprint density at radius 2 is 1.68 bits per heavy atom. The summed E-state index contributed by atoms with van der Waals surface area (Å²) in [5.41, 5.74) is 1.14. The van der Waals surface area contributed by atoms with Gasteiger partial charge in [-0.1, -0.05) is 32.4 Å². The van der Waals surface area contributed by atoms with Crippen molar-refractivity contribution in [2.45, 2.75) is 39.5 Å². The maximum absolute atomic E-state index is 12.4. The Labute approximate surface area is 150 Å². The van der Waals surface area contributed by atoms with Gasteiger partial charge in [-0.25, -0.2) is 0 Å². The lowest BCUT2D eigenvalue weighted by molar-refractivity contribution is -0.141. The van der Waals surface area contributed by atoms with Crippen molar-refractivity contribution in [3.8, 4) is 5.75 Å². The van der Waals surface area contributed by atoms with Crippen molar-refractivity contribution in [2.75, 3.05) is 33.3 Å². The summed E-state index contributed by atoms with van der Waals surface area (Å²) in [5, 5.41) is 0. The number of carbonyl (C=O) groups is 2. The number of ether oxygens (including phenoxy) is 1. The van der Waals surface area contributed by atoms with Crippen molar-refractivity contribution >= 4 is 11.8 Å². The molecule has 5 nitrogen and oxygen atoms in total. The van der Waals surface area contributed by atoms with Gasteiger partial charge in [-0.15, -0.1) is 0 Å². The molecular weight excluding hydrogens is 316 g/mol. The van der Waals surface area contributed by atoms with Crippen LogP contribution in [0.15, 0.2) is 24.3 Å². The van der Waals surface area contributed by atoms with Crippen molar-refractivity contribution < 1.29 is 14.3 Å². The van der Waals surface area contributed by atoms with Gasteiger partial charge in [-0.3, -0.25) is 9.59 Å². The van der Waals surface area contributed by atoms with Crippen LogP contribution in [0.5, 0.6) is 5.75 Å². The summed E-state index contributed by atoms with van der Waals surface area (Å²) >= 11 is 0. The lowest BCUT2D eigenvalue weighted by Crippen LogP contribution is -2.51. The second-order valence-corrected chi connectivity index (χ2v) is 6.74. The second-order valence-electron chi connectivity index (χ2n) is 6.74. The molecule has 0 saturated carbocycles. The smallest absolute Gasteiger partial charge is 0.225 e. The van der Waals surface area contributed by atoms with Gasteiger partial charge in [0.1, 0.15) is 5.75 Å². The number of benzene rings is 1. The predicted molar refractivity (Wildman–Crippen MR) is 98.5 cm³/mol. The average Bonchev–Trinajstić information content (AvgIpc) is 2.66. The third kappa shape index (κ3) is 5.48. The molecule has 1 aliphatic rings. The highest BCUT2D eigenvalue weighted by atomic mass is 16.5. The fourth-order valence-corrected chi connectivity index (χ4v) is 3.25. The maximum Gasteiger partial charge on any atom is 0.225 e. The van der Waals surface area contributed by atoms with Crippen molar-refractivity contribution in [3.63, 3.8) is 0 Å². The first-order chi connectivity index (χ1) is 12.0.